The third-order valence-corrected chi connectivity index (χ3v) is 4.14. The van der Waals surface area contributed by atoms with Crippen LogP contribution in [0.4, 0.5) is 5.69 Å². The number of nitrogens with zero attached hydrogens (tertiary/aromatic N) is 2. The summed E-state index contributed by atoms with van der Waals surface area (Å²) in [5.41, 5.74) is 7.41. The van der Waals surface area contributed by atoms with Gasteiger partial charge in [-0.3, -0.25) is 9.48 Å². The molecule has 100 valence electrons. The van der Waals surface area contributed by atoms with Gasteiger partial charge in [-0.25, -0.2) is 0 Å². The van der Waals surface area contributed by atoms with E-state index in [1.54, 1.807) is 4.68 Å². The molecule has 2 aromatic heterocycles. The summed E-state index contributed by atoms with van der Waals surface area (Å²) >= 11 is 1.37. The number of amides is 1. The number of aryl methyl sites for hydroxylation is 2. The van der Waals surface area contributed by atoms with Crippen molar-refractivity contribution in [2.75, 3.05) is 12.3 Å². The van der Waals surface area contributed by atoms with Gasteiger partial charge in [0.2, 0.25) is 0 Å². The van der Waals surface area contributed by atoms with Crippen LogP contribution in [0.1, 0.15) is 28.2 Å². The third kappa shape index (κ3) is 2.42. The monoisotopic (exact) mass is 276 g/mol. The average molecular weight is 276 g/mol. The first-order chi connectivity index (χ1) is 9.06. The van der Waals surface area contributed by atoms with E-state index in [2.05, 4.69) is 16.3 Å². The number of hydrogen-bond donors (Lipinski definition) is 2. The van der Waals surface area contributed by atoms with Crippen molar-refractivity contribution in [3.05, 3.63) is 10.6 Å². The van der Waals surface area contributed by atoms with E-state index < -0.39 is 0 Å². The summed E-state index contributed by atoms with van der Waals surface area (Å²) in [6.07, 6.45) is 6.59. The Labute approximate surface area is 115 Å². The lowest BCUT2D eigenvalue weighted by molar-refractivity contribution is 0.0958. The van der Waals surface area contributed by atoms with Crippen LogP contribution in [0, 0.1) is 19.3 Å². The van der Waals surface area contributed by atoms with E-state index in [0.29, 0.717) is 23.5 Å². The van der Waals surface area contributed by atoms with E-state index >= 15 is 0 Å². The minimum Gasteiger partial charge on any atom is -0.397 e. The first kappa shape index (κ1) is 13.4. The lowest BCUT2D eigenvalue weighted by atomic mass is 10.2. The Morgan fingerprint density at radius 3 is 3.00 bits per heavy atom. The summed E-state index contributed by atoms with van der Waals surface area (Å²) in [5.74, 6) is 2.40. The molecule has 19 heavy (non-hydrogen) atoms. The van der Waals surface area contributed by atoms with Crippen LogP contribution in [0.5, 0.6) is 0 Å². The Hall–Kier alpha value is -2.00. The first-order valence-electron chi connectivity index (χ1n) is 5.99. The molecule has 2 aromatic rings. The molecule has 2 heterocycles. The van der Waals surface area contributed by atoms with Gasteiger partial charge in [0.25, 0.3) is 5.91 Å². The fraction of sp³-hybridized carbons (Fsp3) is 0.385. The number of carbonyl (C=O) groups excluding carboxylic acids is 1. The van der Waals surface area contributed by atoms with Gasteiger partial charge in [0.05, 0.1) is 16.8 Å². The molecule has 0 bridgehead atoms. The molecule has 0 fully saturated rings. The second-order valence-corrected chi connectivity index (χ2v) is 5.30. The summed E-state index contributed by atoms with van der Waals surface area (Å²) in [6.45, 7) is 2.45. The van der Waals surface area contributed by atoms with Gasteiger partial charge < -0.3 is 11.1 Å². The van der Waals surface area contributed by atoms with Crippen molar-refractivity contribution < 1.29 is 4.79 Å². The van der Waals surface area contributed by atoms with E-state index in [1.807, 2.05) is 14.0 Å². The number of rotatable bonds is 4. The Bertz CT molecular complexity index is 662. The minimum absolute atomic E-state index is 0.143. The number of nitrogens with one attached hydrogen (secondary N) is 1. The Balaban J connectivity index is 2.21. The number of aromatic nitrogens is 2. The summed E-state index contributed by atoms with van der Waals surface area (Å²) in [7, 11) is 1.85. The number of unbranched alkanes of at least 4 members (excludes halogenated alkanes) is 1. The standard InChI is InChI=1S/C13H16N4OS/c1-4-5-6-7-15-12(18)11-10(14)9-8(2)16-17(3)13(9)19-11/h1H,5-7,14H2,2-3H3,(H,15,18). The Kier molecular flexibility index (Phi) is 3.76. The fourth-order valence-corrected chi connectivity index (χ4v) is 3.07. The molecular weight excluding hydrogens is 260 g/mol. The highest BCUT2D eigenvalue weighted by atomic mass is 32.1. The Morgan fingerprint density at radius 1 is 1.63 bits per heavy atom. The maximum absolute atomic E-state index is 12.1. The molecule has 5 nitrogen and oxygen atoms in total. The van der Waals surface area contributed by atoms with E-state index in [0.717, 1.165) is 22.3 Å². The number of carbonyl (C=O) groups is 1. The van der Waals surface area contributed by atoms with Crippen LogP contribution in [0.25, 0.3) is 10.2 Å². The Morgan fingerprint density at radius 2 is 2.37 bits per heavy atom. The number of hydrogen-bond acceptors (Lipinski definition) is 4. The average Bonchev–Trinajstić information content (AvgIpc) is 2.85. The van der Waals surface area contributed by atoms with Crippen LogP contribution in [0.15, 0.2) is 0 Å². The quantitative estimate of drug-likeness (QED) is 0.659. The highest BCUT2D eigenvalue weighted by Crippen LogP contribution is 2.35. The number of thiophene rings is 1. The zero-order chi connectivity index (χ0) is 14.0. The maximum Gasteiger partial charge on any atom is 0.263 e. The second kappa shape index (κ2) is 5.33. The van der Waals surface area contributed by atoms with Crippen molar-refractivity contribution in [3.63, 3.8) is 0 Å². The van der Waals surface area contributed by atoms with Crippen LogP contribution >= 0.6 is 11.3 Å². The van der Waals surface area contributed by atoms with Crippen LogP contribution in [0.3, 0.4) is 0 Å². The largest absolute Gasteiger partial charge is 0.397 e. The zero-order valence-electron chi connectivity index (χ0n) is 11.0. The molecule has 0 aliphatic heterocycles. The van der Waals surface area contributed by atoms with Crippen LogP contribution in [0.2, 0.25) is 0 Å². The number of nitrogen functional groups attached to an aromatic ring is 1. The highest BCUT2D eigenvalue weighted by molar-refractivity contribution is 7.21. The normalized spacial score (nSPS) is 10.6. The predicted molar refractivity (Wildman–Crippen MR) is 78.1 cm³/mol. The highest BCUT2D eigenvalue weighted by Gasteiger charge is 2.20. The number of fused-ring (bicyclic) bond motifs is 1. The van der Waals surface area contributed by atoms with Gasteiger partial charge in [-0.15, -0.1) is 23.7 Å². The van der Waals surface area contributed by atoms with E-state index in [1.165, 1.54) is 11.3 Å². The summed E-state index contributed by atoms with van der Waals surface area (Å²) in [5, 5.41) is 8.00. The maximum atomic E-state index is 12.1. The second-order valence-electron chi connectivity index (χ2n) is 4.30. The van der Waals surface area contributed by atoms with Gasteiger partial charge in [-0.2, -0.15) is 5.10 Å². The predicted octanol–water partition coefficient (Wildman–Crippen LogP) is 1.67. The lowest BCUT2D eigenvalue weighted by Gasteiger charge is -2.02. The molecule has 0 spiro atoms. The van der Waals surface area contributed by atoms with Crippen molar-refractivity contribution in [2.45, 2.75) is 19.8 Å². The number of anilines is 1. The molecule has 0 saturated heterocycles. The molecule has 2 rings (SSSR count). The van der Waals surface area contributed by atoms with Gasteiger partial charge in [0.1, 0.15) is 9.71 Å². The van der Waals surface area contributed by atoms with Gasteiger partial charge in [-0.05, 0) is 13.3 Å². The topological polar surface area (TPSA) is 72.9 Å². The number of nitrogens with two attached hydrogens (primary N) is 1. The van der Waals surface area contributed by atoms with E-state index in [4.69, 9.17) is 12.2 Å². The summed E-state index contributed by atoms with van der Waals surface area (Å²) in [4.78, 5) is 13.5. The van der Waals surface area contributed by atoms with Crippen LogP contribution in [-0.4, -0.2) is 22.2 Å². The SMILES string of the molecule is C#CCCCNC(=O)c1sc2c(c(C)nn2C)c1N. The molecule has 0 aromatic carbocycles. The van der Waals surface area contributed by atoms with Crippen LogP contribution in [-0.2, 0) is 7.05 Å². The molecular formula is C13H16N4OS. The summed E-state index contributed by atoms with van der Waals surface area (Å²) < 4.78 is 1.75. The van der Waals surface area contributed by atoms with Crippen molar-refractivity contribution in [1.29, 1.82) is 0 Å². The van der Waals surface area contributed by atoms with Crippen molar-refractivity contribution in [2.24, 2.45) is 7.05 Å². The molecule has 0 atom stereocenters. The van der Waals surface area contributed by atoms with Crippen molar-refractivity contribution >= 4 is 33.1 Å². The number of terminal acetylenes is 1. The van der Waals surface area contributed by atoms with Gasteiger partial charge in [0, 0.05) is 20.0 Å². The lowest BCUT2D eigenvalue weighted by Crippen LogP contribution is -2.24. The molecule has 0 aliphatic carbocycles. The van der Waals surface area contributed by atoms with Crippen molar-refractivity contribution in [1.82, 2.24) is 15.1 Å². The molecule has 6 heteroatoms. The third-order valence-electron chi connectivity index (χ3n) is 2.87. The molecule has 3 N–H and O–H groups in total. The smallest absolute Gasteiger partial charge is 0.263 e. The zero-order valence-corrected chi connectivity index (χ0v) is 11.8. The van der Waals surface area contributed by atoms with Crippen molar-refractivity contribution in [3.8, 4) is 12.3 Å². The fourth-order valence-electron chi connectivity index (χ4n) is 1.97. The molecule has 1 amide bonds. The first-order valence-corrected chi connectivity index (χ1v) is 6.81. The molecule has 0 saturated carbocycles. The van der Waals surface area contributed by atoms with Crippen LogP contribution < -0.4 is 11.1 Å². The minimum atomic E-state index is -0.143. The van der Waals surface area contributed by atoms with Gasteiger partial charge in [-0.1, -0.05) is 0 Å². The molecule has 0 radical (unpaired) electrons. The van der Waals surface area contributed by atoms with E-state index in [-0.39, 0.29) is 5.91 Å². The summed E-state index contributed by atoms with van der Waals surface area (Å²) in [6, 6.07) is 0. The van der Waals surface area contributed by atoms with Gasteiger partial charge in [0.15, 0.2) is 0 Å². The molecule has 0 aliphatic rings. The molecule has 0 unspecified atom stereocenters. The van der Waals surface area contributed by atoms with Gasteiger partial charge >= 0.3 is 0 Å². The van der Waals surface area contributed by atoms with E-state index in [9.17, 15) is 4.79 Å².